The molecule has 8 nitrogen and oxygen atoms in total. The molecule has 31 heavy (non-hydrogen) atoms. The highest BCUT2D eigenvalue weighted by molar-refractivity contribution is 7.93. The van der Waals surface area contributed by atoms with E-state index >= 15 is 0 Å². The minimum absolute atomic E-state index is 0.0838. The summed E-state index contributed by atoms with van der Waals surface area (Å²) < 4.78 is 38.0. The van der Waals surface area contributed by atoms with Crippen LogP contribution in [-0.2, 0) is 14.8 Å². The van der Waals surface area contributed by atoms with Gasteiger partial charge < -0.3 is 14.8 Å². The van der Waals surface area contributed by atoms with Crippen LogP contribution in [0.5, 0.6) is 11.5 Å². The molecule has 1 N–H and O–H groups in total. The number of methoxy groups -OCH3 is 2. The van der Waals surface area contributed by atoms with Crippen LogP contribution < -0.4 is 19.1 Å². The molecule has 1 atom stereocenters. The van der Waals surface area contributed by atoms with Crippen LogP contribution in [0.25, 0.3) is 0 Å². The second kappa shape index (κ2) is 9.80. The summed E-state index contributed by atoms with van der Waals surface area (Å²) >= 11 is 1.14. The minimum Gasteiger partial charge on any atom is -0.497 e. The predicted molar refractivity (Wildman–Crippen MR) is 119 cm³/mol. The number of rotatable bonds is 9. The fourth-order valence-electron chi connectivity index (χ4n) is 2.99. The quantitative estimate of drug-likeness (QED) is 0.525. The topological polar surface area (TPSA) is 97.8 Å². The Morgan fingerprint density at radius 3 is 2.52 bits per heavy atom. The van der Waals surface area contributed by atoms with Crippen LogP contribution in [-0.4, -0.2) is 40.1 Å². The molecule has 0 aliphatic heterocycles. The van der Waals surface area contributed by atoms with Gasteiger partial charge in [-0.1, -0.05) is 18.2 Å². The van der Waals surface area contributed by atoms with Gasteiger partial charge in [-0.3, -0.25) is 4.79 Å². The molecule has 1 amide bonds. The molecule has 3 rings (SSSR count). The first-order valence-electron chi connectivity index (χ1n) is 9.35. The van der Waals surface area contributed by atoms with Gasteiger partial charge in [0.05, 0.1) is 25.2 Å². The summed E-state index contributed by atoms with van der Waals surface area (Å²) in [6.45, 7) is 1.37. The van der Waals surface area contributed by atoms with Crippen LogP contribution in [0.3, 0.4) is 0 Å². The third kappa shape index (κ3) is 5.15. The number of hydrogen-bond acceptors (Lipinski definition) is 7. The molecule has 0 saturated carbocycles. The summed E-state index contributed by atoms with van der Waals surface area (Å²) in [5.74, 6) is 0.724. The number of aromatic nitrogens is 1. The fourth-order valence-corrected chi connectivity index (χ4v) is 5.25. The maximum absolute atomic E-state index is 13.2. The van der Waals surface area contributed by atoms with Crippen LogP contribution in [0.2, 0.25) is 0 Å². The number of thiazole rings is 1. The molecule has 0 bridgehead atoms. The maximum Gasteiger partial charge on any atom is 0.266 e. The van der Waals surface area contributed by atoms with Crippen molar-refractivity contribution in [3.05, 3.63) is 65.7 Å². The average Bonchev–Trinajstić information content (AvgIpc) is 3.31. The molecule has 0 radical (unpaired) electrons. The van der Waals surface area contributed by atoms with E-state index in [1.165, 1.54) is 25.4 Å². The molecular formula is C21H23N3O5S2. The number of sulfonamides is 1. The first-order chi connectivity index (χ1) is 14.9. The number of amides is 1. The van der Waals surface area contributed by atoms with E-state index in [1.54, 1.807) is 55.8 Å². The summed E-state index contributed by atoms with van der Waals surface area (Å²) in [6.07, 6.45) is 1.50. The van der Waals surface area contributed by atoms with E-state index in [0.717, 1.165) is 15.6 Å². The van der Waals surface area contributed by atoms with Crippen molar-refractivity contribution in [2.45, 2.75) is 17.9 Å². The SMILES string of the molecule is COc1ccc(OC)c([C@H](C)NC(=O)CN(c2nccs2)S(=O)(=O)c2ccccc2)c1. The highest BCUT2D eigenvalue weighted by atomic mass is 32.2. The van der Waals surface area contributed by atoms with Gasteiger partial charge in [-0.25, -0.2) is 17.7 Å². The number of nitrogens with one attached hydrogen (secondary N) is 1. The van der Waals surface area contributed by atoms with Gasteiger partial charge in [-0.05, 0) is 37.3 Å². The molecule has 0 aliphatic carbocycles. The zero-order valence-corrected chi connectivity index (χ0v) is 18.9. The smallest absolute Gasteiger partial charge is 0.266 e. The lowest BCUT2D eigenvalue weighted by atomic mass is 10.1. The van der Waals surface area contributed by atoms with Crippen LogP contribution in [0.4, 0.5) is 5.13 Å². The maximum atomic E-state index is 13.2. The predicted octanol–water partition coefficient (Wildman–Crippen LogP) is 3.23. The molecule has 1 heterocycles. The summed E-state index contributed by atoms with van der Waals surface area (Å²) in [7, 11) is -0.878. The average molecular weight is 462 g/mol. The molecule has 0 saturated heterocycles. The van der Waals surface area contributed by atoms with Crippen molar-refractivity contribution >= 4 is 32.4 Å². The highest BCUT2D eigenvalue weighted by Crippen LogP contribution is 2.30. The van der Waals surface area contributed by atoms with E-state index in [-0.39, 0.29) is 10.0 Å². The Kier molecular flexibility index (Phi) is 7.13. The Morgan fingerprint density at radius 1 is 1.16 bits per heavy atom. The monoisotopic (exact) mass is 461 g/mol. The van der Waals surface area contributed by atoms with Crippen LogP contribution in [0.1, 0.15) is 18.5 Å². The molecule has 0 unspecified atom stereocenters. The van der Waals surface area contributed by atoms with E-state index in [9.17, 15) is 13.2 Å². The first kappa shape index (κ1) is 22.6. The van der Waals surface area contributed by atoms with Crippen LogP contribution in [0, 0.1) is 0 Å². The largest absolute Gasteiger partial charge is 0.497 e. The zero-order chi connectivity index (χ0) is 22.4. The van der Waals surface area contributed by atoms with E-state index in [4.69, 9.17) is 9.47 Å². The number of carbonyl (C=O) groups is 1. The fraction of sp³-hybridized carbons (Fsp3) is 0.238. The number of nitrogens with zero attached hydrogens (tertiary/aromatic N) is 2. The van der Waals surface area contributed by atoms with E-state index in [0.29, 0.717) is 17.1 Å². The van der Waals surface area contributed by atoms with Gasteiger partial charge in [0, 0.05) is 17.1 Å². The van der Waals surface area contributed by atoms with Gasteiger partial charge in [0.1, 0.15) is 18.0 Å². The lowest BCUT2D eigenvalue weighted by molar-refractivity contribution is -0.120. The summed E-state index contributed by atoms with van der Waals surface area (Å²) in [6, 6.07) is 12.8. The third-order valence-electron chi connectivity index (χ3n) is 4.53. The van der Waals surface area contributed by atoms with E-state index in [1.807, 2.05) is 0 Å². The standard InChI is InChI=1S/C21H23N3O5S2/c1-15(18-13-16(28-2)9-10-19(18)29-3)23-20(25)14-24(21-22-11-12-30-21)31(26,27)17-7-5-4-6-8-17/h4-13,15H,14H2,1-3H3,(H,23,25)/t15-/m0/s1. The molecule has 10 heteroatoms. The zero-order valence-electron chi connectivity index (χ0n) is 17.3. The van der Waals surface area contributed by atoms with E-state index in [2.05, 4.69) is 10.3 Å². The lowest BCUT2D eigenvalue weighted by Gasteiger charge is -2.23. The summed E-state index contributed by atoms with van der Waals surface area (Å²) in [4.78, 5) is 17.0. The molecule has 0 fully saturated rings. The molecular weight excluding hydrogens is 438 g/mol. The van der Waals surface area contributed by atoms with Crippen molar-refractivity contribution in [2.75, 3.05) is 25.1 Å². The second-order valence-corrected chi connectivity index (χ2v) is 9.27. The van der Waals surface area contributed by atoms with Crippen molar-refractivity contribution in [2.24, 2.45) is 0 Å². The number of carbonyl (C=O) groups excluding carboxylic acids is 1. The van der Waals surface area contributed by atoms with Crippen molar-refractivity contribution in [3.8, 4) is 11.5 Å². The third-order valence-corrected chi connectivity index (χ3v) is 7.19. The van der Waals surface area contributed by atoms with Gasteiger partial charge in [-0.2, -0.15) is 0 Å². The van der Waals surface area contributed by atoms with Crippen LogP contribution >= 0.6 is 11.3 Å². The number of hydrogen-bond donors (Lipinski definition) is 1. The second-order valence-electron chi connectivity index (χ2n) is 6.54. The number of ether oxygens (including phenoxy) is 2. The van der Waals surface area contributed by atoms with Crippen molar-refractivity contribution in [1.29, 1.82) is 0 Å². The number of benzene rings is 2. The van der Waals surface area contributed by atoms with Crippen LogP contribution in [0.15, 0.2) is 65.0 Å². The normalized spacial score (nSPS) is 12.1. The number of anilines is 1. The minimum atomic E-state index is -3.97. The van der Waals surface area contributed by atoms with Gasteiger partial charge in [0.15, 0.2) is 5.13 Å². The Bertz CT molecular complexity index is 1120. The molecule has 0 spiro atoms. The molecule has 2 aromatic carbocycles. The Hall–Kier alpha value is -3.11. The van der Waals surface area contributed by atoms with Crippen molar-refractivity contribution in [1.82, 2.24) is 10.3 Å². The molecule has 164 valence electrons. The first-order valence-corrected chi connectivity index (χ1v) is 11.7. The van der Waals surface area contributed by atoms with Crippen molar-refractivity contribution in [3.63, 3.8) is 0 Å². The Balaban J connectivity index is 1.84. The van der Waals surface area contributed by atoms with Crippen molar-refractivity contribution < 1.29 is 22.7 Å². The Morgan fingerprint density at radius 2 is 1.90 bits per heavy atom. The Labute approximate surface area is 185 Å². The van der Waals surface area contributed by atoms with Gasteiger partial charge >= 0.3 is 0 Å². The van der Waals surface area contributed by atoms with E-state index < -0.39 is 28.5 Å². The van der Waals surface area contributed by atoms with Gasteiger partial charge in [0.2, 0.25) is 5.91 Å². The lowest BCUT2D eigenvalue weighted by Crippen LogP contribution is -2.41. The van der Waals surface area contributed by atoms with Gasteiger partial charge in [-0.15, -0.1) is 11.3 Å². The summed E-state index contributed by atoms with van der Waals surface area (Å²) in [5.41, 5.74) is 0.710. The molecule has 1 aromatic heterocycles. The summed E-state index contributed by atoms with van der Waals surface area (Å²) in [5, 5.41) is 4.71. The molecule has 0 aliphatic rings. The molecule has 3 aromatic rings. The van der Waals surface area contributed by atoms with Gasteiger partial charge in [0.25, 0.3) is 10.0 Å². The highest BCUT2D eigenvalue weighted by Gasteiger charge is 2.29.